The summed E-state index contributed by atoms with van der Waals surface area (Å²) in [5, 5.41) is 3.26. The van der Waals surface area contributed by atoms with E-state index in [0.717, 1.165) is 25.9 Å². The van der Waals surface area contributed by atoms with Gasteiger partial charge in [0.25, 0.3) is 0 Å². The van der Waals surface area contributed by atoms with Gasteiger partial charge in [-0.1, -0.05) is 6.92 Å². The second-order valence-electron chi connectivity index (χ2n) is 4.00. The number of hydrogen-bond acceptors (Lipinski definition) is 2. The van der Waals surface area contributed by atoms with Crippen LogP contribution in [0.5, 0.6) is 5.75 Å². The molecule has 1 aromatic rings. The van der Waals surface area contributed by atoms with E-state index in [2.05, 4.69) is 28.2 Å². The quantitative estimate of drug-likeness (QED) is 0.775. The van der Waals surface area contributed by atoms with Crippen molar-refractivity contribution in [1.82, 2.24) is 5.32 Å². The summed E-state index contributed by atoms with van der Waals surface area (Å²) in [5.74, 6) is 0.295. The topological polar surface area (TPSA) is 21.3 Å². The van der Waals surface area contributed by atoms with Crippen LogP contribution in [-0.4, -0.2) is 19.2 Å². The Morgan fingerprint density at radius 3 is 2.88 bits per heavy atom. The summed E-state index contributed by atoms with van der Waals surface area (Å²) in [6.45, 7) is 6.09. The normalized spacial score (nSPS) is 12.5. The van der Waals surface area contributed by atoms with Gasteiger partial charge in [-0.05, 0) is 60.9 Å². The molecule has 1 unspecified atom stereocenters. The zero-order chi connectivity index (χ0) is 12.7. The first-order valence-electron chi connectivity index (χ1n) is 5.96. The highest BCUT2D eigenvalue weighted by Crippen LogP contribution is 2.22. The van der Waals surface area contributed by atoms with E-state index in [0.29, 0.717) is 10.2 Å². The van der Waals surface area contributed by atoms with Crippen LogP contribution in [0.15, 0.2) is 22.7 Å². The Morgan fingerprint density at radius 1 is 1.47 bits per heavy atom. The van der Waals surface area contributed by atoms with E-state index < -0.39 is 0 Å². The van der Waals surface area contributed by atoms with Crippen LogP contribution in [0.4, 0.5) is 4.39 Å². The number of hydrogen-bond donors (Lipinski definition) is 1. The third-order valence-corrected chi connectivity index (χ3v) is 3.09. The van der Waals surface area contributed by atoms with E-state index in [1.165, 1.54) is 6.07 Å². The maximum atomic E-state index is 13.2. The molecule has 0 spiro atoms. The van der Waals surface area contributed by atoms with Gasteiger partial charge >= 0.3 is 0 Å². The summed E-state index contributed by atoms with van der Waals surface area (Å²) in [5.41, 5.74) is 0. The van der Waals surface area contributed by atoms with E-state index >= 15 is 0 Å². The number of benzene rings is 1. The summed E-state index contributed by atoms with van der Waals surface area (Å²) in [6.07, 6.45) is 2.13. The van der Waals surface area contributed by atoms with Crippen LogP contribution in [0.25, 0.3) is 0 Å². The van der Waals surface area contributed by atoms with Gasteiger partial charge in [-0.15, -0.1) is 0 Å². The molecular formula is C13H19BrFNO. The largest absolute Gasteiger partial charge is 0.491 e. The van der Waals surface area contributed by atoms with Crippen molar-refractivity contribution in [2.45, 2.75) is 32.8 Å². The van der Waals surface area contributed by atoms with Crippen molar-refractivity contribution in [1.29, 1.82) is 0 Å². The number of rotatable bonds is 7. The predicted molar refractivity (Wildman–Crippen MR) is 72.0 cm³/mol. The Bertz CT molecular complexity index is 346. The van der Waals surface area contributed by atoms with Crippen molar-refractivity contribution < 1.29 is 9.13 Å². The van der Waals surface area contributed by atoms with Crippen LogP contribution >= 0.6 is 15.9 Å². The molecule has 0 aliphatic rings. The van der Waals surface area contributed by atoms with Gasteiger partial charge in [0.2, 0.25) is 0 Å². The second-order valence-corrected chi connectivity index (χ2v) is 4.85. The molecule has 1 atom stereocenters. The molecule has 0 fully saturated rings. The molecule has 4 heteroatoms. The van der Waals surface area contributed by atoms with Gasteiger partial charge < -0.3 is 10.1 Å². The van der Waals surface area contributed by atoms with E-state index in [4.69, 9.17) is 4.74 Å². The lowest BCUT2D eigenvalue weighted by Gasteiger charge is -2.15. The van der Waals surface area contributed by atoms with Crippen LogP contribution < -0.4 is 10.1 Å². The number of nitrogens with one attached hydrogen (secondary N) is 1. The Morgan fingerprint density at radius 2 is 2.24 bits per heavy atom. The van der Waals surface area contributed by atoms with Gasteiger partial charge in [0.05, 0.1) is 10.6 Å². The molecule has 0 saturated heterocycles. The van der Waals surface area contributed by atoms with Crippen molar-refractivity contribution >= 4 is 15.9 Å². The summed E-state index contributed by atoms with van der Waals surface area (Å²) in [6, 6.07) is 4.84. The minimum Gasteiger partial charge on any atom is -0.491 e. The van der Waals surface area contributed by atoms with E-state index in [1.807, 2.05) is 6.92 Å². The Balaban J connectivity index is 2.34. The Kier molecular flexibility index (Phi) is 6.52. The Labute approximate surface area is 111 Å². The molecule has 1 N–H and O–H groups in total. The van der Waals surface area contributed by atoms with Crippen LogP contribution in [0.2, 0.25) is 0 Å². The lowest BCUT2D eigenvalue weighted by molar-refractivity contribution is 0.207. The first-order valence-corrected chi connectivity index (χ1v) is 6.75. The van der Waals surface area contributed by atoms with Crippen molar-refractivity contribution in [2.24, 2.45) is 0 Å². The van der Waals surface area contributed by atoms with Gasteiger partial charge in [0.15, 0.2) is 0 Å². The third kappa shape index (κ3) is 5.50. The van der Waals surface area contributed by atoms with Crippen LogP contribution in [-0.2, 0) is 0 Å². The van der Waals surface area contributed by atoms with Crippen molar-refractivity contribution in [3.8, 4) is 5.75 Å². The van der Waals surface area contributed by atoms with Gasteiger partial charge in [-0.3, -0.25) is 0 Å². The zero-order valence-electron chi connectivity index (χ0n) is 10.3. The molecule has 0 aliphatic heterocycles. The highest BCUT2D eigenvalue weighted by molar-refractivity contribution is 9.10. The van der Waals surface area contributed by atoms with E-state index in [1.54, 1.807) is 12.1 Å². The average Bonchev–Trinajstić information content (AvgIpc) is 2.30. The second kappa shape index (κ2) is 7.67. The van der Waals surface area contributed by atoms with Crippen molar-refractivity contribution in [3.63, 3.8) is 0 Å². The van der Waals surface area contributed by atoms with Gasteiger partial charge in [-0.25, -0.2) is 4.39 Å². The first kappa shape index (κ1) is 14.5. The molecule has 96 valence electrons. The molecule has 2 nitrogen and oxygen atoms in total. The summed E-state index contributed by atoms with van der Waals surface area (Å²) < 4.78 is 19.3. The summed E-state index contributed by atoms with van der Waals surface area (Å²) >= 11 is 3.12. The predicted octanol–water partition coefficient (Wildman–Crippen LogP) is 3.75. The van der Waals surface area contributed by atoms with Crippen molar-refractivity contribution in [3.05, 3.63) is 28.5 Å². The fourth-order valence-electron chi connectivity index (χ4n) is 1.53. The molecule has 0 amide bonds. The van der Waals surface area contributed by atoms with Crippen LogP contribution in [0.1, 0.15) is 26.7 Å². The van der Waals surface area contributed by atoms with E-state index in [9.17, 15) is 4.39 Å². The average molecular weight is 304 g/mol. The number of halogens is 2. The molecule has 0 radical (unpaired) electrons. The molecule has 0 aliphatic carbocycles. The lowest BCUT2D eigenvalue weighted by atomic mass is 10.2. The molecular weight excluding hydrogens is 285 g/mol. The fourth-order valence-corrected chi connectivity index (χ4v) is 1.78. The third-order valence-electron chi connectivity index (χ3n) is 2.44. The number of ether oxygens (including phenoxy) is 1. The summed E-state index contributed by atoms with van der Waals surface area (Å²) in [7, 11) is 0. The maximum absolute atomic E-state index is 13.2. The van der Waals surface area contributed by atoms with Crippen molar-refractivity contribution in [2.75, 3.05) is 13.1 Å². The van der Waals surface area contributed by atoms with Crippen LogP contribution in [0, 0.1) is 5.82 Å². The first-order chi connectivity index (χ1) is 8.13. The smallest absolute Gasteiger partial charge is 0.141 e. The molecule has 0 aromatic heterocycles. The van der Waals surface area contributed by atoms with E-state index in [-0.39, 0.29) is 11.9 Å². The standard InChI is InChI=1S/C13H19BrFNO/c1-3-16-8-4-5-10(2)17-11-6-7-12(14)13(15)9-11/h6-7,9-10,16H,3-5,8H2,1-2H3. The zero-order valence-corrected chi connectivity index (χ0v) is 11.9. The SMILES string of the molecule is CCNCCCC(C)Oc1ccc(Br)c(F)c1. The monoisotopic (exact) mass is 303 g/mol. The Hall–Kier alpha value is -0.610. The van der Waals surface area contributed by atoms with Crippen LogP contribution in [0.3, 0.4) is 0 Å². The molecule has 1 rings (SSSR count). The molecule has 17 heavy (non-hydrogen) atoms. The molecule has 1 aromatic carbocycles. The highest BCUT2D eigenvalue weighted by Gasteiger charge is 2.06. The summed E-state index contributed by atoms with van der Waals surface area (Å²) in [4.78, 5) is 0. The highest BCUT2D eigenvalue weighted by atomic mass is 79.9. The molecule has 0 saturated carbocycles. The van der Waals surface area contributed by atoms with Gasteiger partial charge in [-0.2, -0.15) is 0 Å². The fraction of sp³-hybridized carbons (Fsp3) is 0.538. The molecule has 0 heterocycles. The molecule has 0 bridgehead atoms. The van der Waals surface area contributed by atoms with Gasteiger partial charge in [0.1, 0.15) is 11.6 Å². The minimum atomic E-state index is -0.289. The maximum Gasteiger partial charge on any atom is 0.141 e. The minimum absolute atomic E-state index is 0.106. The lowest BCUT2D eigenvalue weighted by Crippen LogP contribution is -2.18. The van der Waals surface area contributed by atoms with Gasteiger partial charge in [0, 0.05) is 6.07 Å².